The first-order valence-electron chi connectivity index (χ1n) is 11.8. The predicted octanol–water partition coefficient (Wildman–Crippen LogP) is 3.57. The molecule has 0 unspecified atom stereocenters. The van der Waals surface area contributed by atoms with Crippen molar-refractivity contribution in [1.29, 1.82) is 0 Å². The fourth-order valence-electron chi connectivity index (χ4n) is 3.91. The number of alkyl halides is 3. The van der Waals surface area contributed by atoms with E-state index in [-0.39, 0.29) is 46.8 Å². The molecule has 0 aliphatic carbocycles. The largest absolute Gasteiger partial charge is 0.488 e. The Balaban J connectivity index is 1.91. The lowest BCUT2D eigenvalue weighted by molar-refractivity contribution is -0.142. The second-order valence-corrected chi connectivity index (χ2v) is 12.4. The lowest BCUT2D eigenvalue weighted by Crippen LogP contribution is -2.50. The van der Waals surface area contributed by atoms with Crippen molar-refractivity contribution in [1.82, 2.24) is 9.21 Å². The van der Waals surface area contributed by atoms with Crippen molar-refractivity contribution in [2.45, 2.75) is 49.2 Å². The number of nitrogens with zero attached hydrogens (tertiary/aromatic N) is 2. The van der Waals surface area contributed by atoms with Crippen LogP contribution in [0.1, 0.15) is 37.0 Å². The molecular weight excluding hydrogens is 547 g/mol. The van der Waals surface area contributed by atoms with Crippen LogP contribution in [0.4, 0.5) is 18.9 Å². The van der Waals surface area contributed by atoms with Gasteiger partial charge in [0.05, 0.1) is 31.2 Å². The maximum atomic E-state index is 13.4. The minimum atomic E-state index is -4.48. The highest BCUT2D eigenvalue weighted by Gasteiger charge is 2.35. The molecule has 14 heteroatoms. The first-order valence-corrected chi connectivity index (χ1v) is 14.1. The van der Waals surface area contributed by atoms with E-state index in [9.17, 15) is 36.3 Å². The third kappa shape index (κ3) is 7.24. The Bertz CT molecular complexity index is 1240. The highest BCUT2D eigenvalue weighted by molar-refractivity contribution is 7.91. The van der Waals surface area contributed by atoms with Crippen molar-refractivity contribution in [2.75, 3.05) is 32.1 Å². The number of aliphatic hydroxyl groups excluding tert-OH is 1. The Morgan fingerprint density at radius 2 is 2.05 bits per heavy atom. The summed E-state index contributed by atoms with van der Waals surface area (Å²) in [6.07, 6.45) is -7.23. The van der Waals surface area contributed by atoms with Gasteiger partial charge in [0.1, 0.15) is 16.1 Å². The highest BCUT2D eigenvalue weighted by atomic mass is 32.2. The number of rotatable bonds is 9. The van der Waals surface area contributed by atoms with Crippen LogP contribution in [0.2, 0.25) is 0 Å². The van der Waals surface area contributed by atoms with E-state index in [0.29, 0.717) is 0 Å². The third-order valence-electron chi connectivity index (χ3n) is 6.18. The Morgan fingerprint density at radius 1 is 1.34 bits per heavy atom. The summed E-state index contributed by atoms with van der Waals surface area (Å²) >= 11 is 1.09. The number of hydrogen-bond donors (Lipinski definition) is 2. The van der Waals surface area contributed by atoms with Gasteiger partial charge in [0, 0.05) is 31.6 Å². The Morgan fingerprint density at radius 3 is 2.66 bits per heavy atom. The van der Waals surface area contributed by atoms with Crippen LogP contribution in [0.3, 0.4) is 0 Å². The van der Waals surface area contributed by atoms with Gasteiger partial charge < -0.3 is 20.1 Å². The number of anilines is 1. The topological polar surface area (TPSA) is 116 Å². The van der Waals surface area contributed by atoms with Crippen LogP contribution in [0.15, 0.2) is 39.9 Å². The van der Waals surface area contributed by atoms with Crippen LogP contribution >= 0.6 is 11.3 Å². The smallest absolute Gasteiger partial charge is 0.389 e. The summed E-state index contributed by atoms with van der Waals surface area (Å²) in [5.41, 5.74) is 0.131. The van der Waals surface area contributed by atoms with E-state index in [1.165, 1.54) is 40.5 Å². The molecule has 0 bridgehead atoms. The average Bonchev–Trinajstić information content (AvgIpc) is 3.40. The maximum absolute atomic E-state index is 13.4. The number of nitrogens with one attached hydrogen (secondary N) is 1. The number of carbonyl (C=O) groups excluding carboxylic acids is 2. The van der Waals surface area contributed by atoms with Crippen LogP contribution < -0.4 is 10.1 Å². The first-order chi connectivity index (χ1) is 17.7. The number of likely N-dealkylation sites (N-methyl/N-ethyl adjacent to an activating group) is 1. The van der Waals surface area contributed by atoms with Crippen molar-refractivity contribution in [3.8, 4) is 5.75 Å². The molecule has 0 fully saturated rings. The molecule has 0 spiro atoms. The SMILES string of the molecule is C[C@H](CO)N1C[C@H](C)[C@@H](CN(C)S(=O)(=O)c2cccs2)Oc2ccc(NC(=O)CCC(F)(F)F)cc2C1=O. The summed E-state index contributed by atoms with van der Waals surface area (Å²) < 4.78 is 70.9. The molecule has 9 nitrogen and oxygen atoms in total. The Labute approximate surface area is 223 Å². The van der Waals surface area contributed by atoms with Gasteiger partial charge in [-0.25, -0.2) is 8.42 Å². The minimum Gasteiger partial charge on any atom is -0.488 e. The van der Waals surface area contributed by atoms with Crippen molar-refractivity contribution < 1.29 is 41.0 Å². The number of thiophene rings is 1. The number of aliphatic hydroxyl groups is 1. The molecule has 38 heavy (non-hydrogen) atoms. The summed E-state index contributed by atoms with van der Waals surface area (Å²) in [6.45, 7) is 3.23. The molecule has 0 saturated heterocycles. The summed E-state index contributed by atoms with van der Waals surface area (Å²) in [5, 5.41) is 13.8. The lowest BCUT2D eigenvalue weighted by atomic mass is 9.99. The number of fused-ring (bicyclic) bond motifs is 1. The Hall–Kier alpha value is -2.68. The zero-order chi connectivity index (χ0) is 28.3. The van der Waals surface area contributed by atoms with E-state index in [4.69, 9.17) is 4.74 Å². The first kappa shape index (κ1) is 29.9. The Kier molecular flexibility index (Phi) is 9.44. The van der Waals surface area contributed by atoms with Gasteiger partial charge in [-0.3, -0.25) is 9.59 Å². The third-order valence-corrected chi connectivity index (χ3v) is 9.38. The lowest BCUT2D eigenvalue weighted by Gasteiger charge is -2.38. The molecule has 2 aromatic rings. The normalized spacial score (nSPS) is 19.4. The number of sulfonamides is 1. The summed E-state index contributed by atoms with van der Waals surface area (Å²) in [5.74, 6) is -1.59. The van der Waals surface area contributed by atoms with E-state index in [1.807, 2.05) is 0 Å². The fraction of sp³-hybridized carbons (Fsp3) is 0.500. The summed E-state index contributed by atoms with van der Waals surface area (Å²) in [4.78, 5) is 26.9. The van der Waals surface area contributed by atoms with Crippen LogP contribution in [0.25, 0.3) is 0 Å². The number of halogens is 3. The second kappa shape index (κ2) is 12.0. The van der Waals surface area contributed by atoms with Crippen molar-refractivity contribution in [2.24, 2.45) is 5.92 Å². The van der Waals surface area contributed by atoms with Gasteiger partial charge in [-0.15, -0.1) is 11.3 Å². The number of carbonyl (C=O) groups is 2. The zero-order valence-electron chi connectivity index (χ0n) is 21.1. The molecule has 2 heterocycles. The van der Waals surface area contributed by atoms with Gasteiger partial charge in [-0.05, 0) is 36.6 Å². The monoisotopic (exact) mass is 577 g/mol. The fourth-order valence-corrected chi connectivity index (χ4v) is 6.30. The van der Waals surface area contributed by atoms with Crippen LogP contribution in [0, 0.1) is 5.92 Å². The van der Waals surface area contributed by atoms with E-state index < -0.39 is 53.0 Å². The van der Waals surface area contributed by atoms with Gasteiger partial charge in [-0.1, -0.05) is 13.0 Å². The number of hydrogen-bond acceptors (Lipinski definition) is 7. The number of benzene rings is 1. The number of ether oxygens (including phenoxy) is 1. The van der Waals surface area contributed by atoms with Crippen molar-refractivity contribution in [3.63, 3.8) is 0 Å². The van der Waals surface area contributed by atoms with Crippen molar-refractivity contribution >= 4 is 38.9 Å². The molecule has 3 rings (SSSR count). The molecular formula is C24H30F3N3O6S2. The van der Waals surface area contributed by atoms with Crippen LogP contribution in [-0.4, -0.2) is 79.6 Å². The highest BCUT2D eigenvalue weighted by Crippen LogP contribution is 2.32. The zero-order valence-corrected chi connectivity index (χ0v) is 22.7. The minimum absolute atomic E-state index is 0.0274. The molecule has 2 amide bonds. The van der Waals surface area contributed by atoms with Gasteiger partial charge in [0.2, 0.25) is 5.91 Å². The predicted molar refractivity (Wildman–Crippen MR) is 136 cm³/mol. The molecule has 0 radical (unpaired) electrons. The molecule has 210 valence electrons. The van der Waals surface area contributed by atoms with E-state index in [1.54, 1.807) is 25.3 Å². The molecule has 1 aromatic heterocycles. The van der Waals surface area contributed by atoms with Gasteiger partial charge in [0.25, 0.3) is 15.9 Å². The molecule has 1 aliphatic rings. The van der Waals surface area contributed by atoms with Gasteiger partial charge >= 0.3 is 6.18 Å². The number of amides is 2. The van der Waals surface area contributed by atoms with Crippen molar-refractivity contribution in [3.05, 3.63) is 41.3 Å². The molecule has 1 aliphatic heterocycles. The van der Waals surface area contributed by atoms with E-state index in [2.05, 4.69) is 5.32 Å². The summed E-state index contributed by atoms with van der Waals surface area (Å²) in [7, 11) is -2.34. The molecule has 3 atom stereocenters. The summed E-state index contributed by atoms with van der Waals surface area (Å²) in [6, 6.07) is 6.66. The van der Waals surface area contributed by atoms with Crippen LogP contribution in [-0.2, 0) is 14.8 Å². The van der Waals surface area contributed by atoms with E-state index in [0.717, 1.165) is 11.3 Å². The van der Waals surface area contributed by atoms with E-state index >= 15 is 0 Å². The molecule has 2 N–H and O–H groups in total. The molecule has 1 aromatic carbocycles. The maximum Gasteiger partial charge on any atom is 0.389 e. The standard InChI is InChI=1S/C24H30F3N3O6S2/c1-15-12-30(16(2)14-31)23(33)18-11-17(28-21(32)8-9-24(25,26)27)6-7-19(18)36-20(15)13-29(3)38(34,35)22-5-4-10-37-22/h4-7,10-11,15-16,20,31H,8-9,12-14H2,1-3H3,(H,28,32)/t15-,16+,20+/m0/s1. The average molecular weight is 578 g/mol. The second-order valence-electron chi connectivity index (χ2n) is 9.21. The van der Waals surface area contributed by atoms with Gasteiger partial charge in [-0.2, -0.15) is 17.5 Å². The van der Waals surface area contributed by atoms with Crippen LogP contribution in [0.5, 0.6) is 5.75 Å². The molecule has 0 saturated carbocycles. The van der Waals surface area contributed by atoms with Gasteiger partial charge in [0.15, 0.2) is 0 Å². The quantitative estimate of drug-likeness (QED) is 0.471.